The van der Waals surface area contributed by atoms with Crippen LogP contribution in [0.15, 0.2) is 42.5 Å². The van der Waals surface area contributed by atoms with Gasteiger partial charge >= 0.3 is 0 Å². The number of nitrogens with zero attached hydrogens (tertiary/aromatic N) is 3. The van der Waals surface area contributed by atoms with Crippen molar-refractivity contribution in [1.29, 1.82) is 0 Å². The first kappa shape index (κ1) is 19.1. The van der Waals surface area contributed by atoms with Crippen molar-refractivity contribution in [2.45, 2.75) is 20.3 Å². The number of thiazole rings is 1. The monoisotopic (exact) mass is 395 g/mol. The van der Waals surface area contributed by atoms with E-state index in [1.165, 1.54) is 10.3 Å². The SMILES string of the molecule is CCN(CC)CCCN1CC(c2nc3ccccc3s2)=Cc2ccc(F)cc21. The first-order valence-electron chi connectivity index (χ1n) is 10.0. The van der Waals surface area contributed by atoms with Crippen molar-refractivity contribution in [2.24, 2.45) is 0 Å². The van der Waals surface area contributed by atoms with E-state index >= 15 is 0 Å². The maximum Gasteiger partial charge on any atom is 0.125 e. The number of para-hydroxylation sites is 1. The van der Waals surface area contributed by atoms with E-state index in [2.05, 4.69) is 47.9 Å². The Kier molecular flexibility index (Phi) is 5.74. The van der Waals surface area contributed by atoms with Crippen molar-refractivity contribution in [3.05, 3.63) is 58.9 Å². The molecule has 0 saturated heterocycles. The maximum atomic E-state index is 13.9. The van der Waals surface area contributed by atoms with Gasteiger partial charge in [0.25, 0.3) is 0 Å². The Morgan fingerprint density at radius 2 is 1.96 bits per heavy atom. The van der Waals surface area contributed by atoms with E-state index < -0.39 is 0 Å². The van der Waals surface area contributed by atoms with Gasteiger partial charge in [-0.05, 0) is 68.0 Å². The van der Waals surface area contributed by atoms with Gasteiger partial charge in [-0.1, -0.05) is 26.0 Å². The second-order valence-corrected chi connectivity index (χ2v) is 8.19. The van der Waals surface area contributed by atoms with Crippen molar-refractivity contribution >= 4 is 38.9 Å². The fraction of sp³-hybridized carbons (Fsp3) is 0.348. The van der Waals surface area contributed by atoms with Gasteiger partial charge in [0.2, 0.25) is 0 Å². The molecule has 0 N–H and O–H groups in total. The van der Waals surface area contributed by atoms with E-state index in [9.17, 15) is 4.39 Å². The Morgan fingerprint density at radius 1 is 1.14 bits per heavy atom. The lowest BCUT2D eigenvalue weighted by Gasteiger charge is -2.31. The smallest absolute Gasteiger partial charge is 0.125 e. The first-order chi connectivity index (χ1) is 13.7. The molecule has 1 aliphatic heterocycles. The minimum Gasteiger partial charge on any atom is -0.366 e. The van der Waals surface area contributed by atoms with Crippen molar-refractivity contribution < 1.29 is 4.39 Å². The molecule has 2 aromatic carbocycles. The number of halogens is 1. The summed E-state index contributed by atoms with van der Waals surface area (Å²) in [5.41, 5.74) is 4.32. The fourth-order valence-electron chi connectivity index (χ4n) is 3.80. The highest BCUT2D eigenvalue weighted by atomic mass is 32.1. The van der Waals surface area contributed by atoms with Crippen LogP contribution in [0.4, 0.5) is 10.1 Å². The lowest BCUT2D eigenvalue weighted by Crippen LogP contribution is -2.32. The number of aromatic nitrogens is 1. The Morgan fingerprint density at radius 3 is 2.75 bits per heavy atom. The van der Waals surface area contributed by atoms with Crippen molar-refractivity contribution in [3.63, 3.8) is 0 Å². The zero-order valence-corrected chi connectivity index (χ0v) is 17.3. The van der Waals surface area contributed by atoms with Gasteiger partial charge in [-0.25, -0.2) is 9.37 Å². The van der Waals surface area contributed by atoms with Gasteiger partial charge in [-0.15, -0.1) is 11.3 Å². The quantitative estimate of drug-likeness (QED) is 0.524. The molecule has 0 fully saturated rings. The topological polar surface area (TPSA) is 19.4 Å². The third-order valence-electron chi connectivity index (χ3n) is 5.39. The first-order valence-corrected chi connectivity index (χ1v) is 10.8. The molecule has 4 rings (SSSR count). The number of hydrogen-bond acceptors (Lipinski definition) is 4. The average molecular weight is 396 g/mol. The molecule has 5 heteroatoms. The zero-order valence-electron chi connectivity index (χ0n) is 16.5. The number of fused-ring (bicyclic) bond motifs is 2. The molecule has 0 saturated carbocycles. The second kappa shape index (κ2) is 8.41. The summed E-state index contributed by atoms with van der Waals surface area (Å²) in [6.07, 6.45) is 3.23. The summed E-state index contributed by atoms with van der Waals surface area (Å²) in [6.45, 7) is 9.28. The third-order valence-corrected chi connectivity index (χ3v) is 6.50. The summed E-state index contributed by atoms with van der Waals surface area (Å²) in [5, 5.41) is 1.06. The van der Waals surface area contributed by atoms with E-state index in [1.807, 2.05) is 12.1 Å². The van der Waals surface area contributed by atoms with Crippen LogP contribution >= 0.6 is 11.3 Å². The van der Waals surface area contributed by atoms with Crippen LogP contribution in [-0.2, 0) is 0 Å². The Balaban J connectivity index is 1.61. The second-order valence-electron chi connectivity index (χ2n) is 7.16. The molecule has 28 heavy (non-hydrogen) atoms. The lowest BCUT2D eigenvalue weighted by molar-refractivity contribution is 0.301. The number of rotatable bonds is 7. The molecule has 0 radical (unpaired) electrons. The van der Waals surface area contributed by atoms with Crippen LogP contribution in [0.2, 0.25) is 0 Å². The third kappa shape index (κ3) is 3.96. The van der Waals surface area contributed by atoms with Gasteiger partial charge in [0.05, 0.1) is 10.2 Å². The summed E-state index contributed by atoms with van der Waals surface area (Å²) in [7, 11) is 0. The molecular formula is C23H26FN3S. The van der Waals surface area contributed by atoms with Crippen LogP contribution in [0.1, 0.15) is 30.8 Å². The van der Waals surface area contributed by atoms with Gasteiger partial charge in [0, 0.05) is 24.4 Å². The van der Waals surface area contributed by atoms with E-state index in [0.717, 1.165) is 60.9 Å². The largest absolute Gasteiger partial charge is 0.366 e. The maximum absolute atomic E-state index is 13.9. The Hall–Kier alpha value is -2.24. The molecule has 3 aromatic rings. The van der Waals surface area contributed by atoms with Crippen LogP contribution in [0.3, 0.4) is 0 Å². The normalized spacial score (nSPS) is 13.9. The van der Waals surface area contributed by atoms with Crippen molar-refractivity contribution in [1.82, 2.24) is 9.88 Å². The molecule has 2 heterocycles. The van der Waals surface area contributed by atoms with Crippen LogP contribution in [0, 0.1) is 5.82 Å². The van der Waals surface area contributed by atoms with E-state index in [4.69, 9.17) is 4.98 Å². The summed E-state index contributed by atoms with van der Waals surface area (Å²) in [6, 6.07) is 13.3. The molecule has 0 aliphatic carbocycles. The van der Waals surface area contributed by atoms with E-state index in [-0.39, 0.29) is 5.82 Å². The van der Waals surface area contributed by atoms with Gasteiger partial charge in [-0.3, -0.25) is 0 Å². The van der Waals surface area contributed by atoms with Gasteiger partial charge in [-0.2, -0.15) is 0 Å². The van der Waals surface area contributed by atoms with Gasteiger partial charge in [0.1, 0.15) is 10.8 Å². The number of hydrogen-bond donors (Lipinski definition) is 0. The zero-order chi connectivity index (χ0) is 19.5. The average Bonchev–Trinajstić information content (AvgIpc) is 3.15. The fourth-order valence-corrected chi connectivity index (χ4v) is 4.77. The minimum atomic E-state index is -0.177. The molecule has 0 spiro atoms. The molecule has 0 unspecified atom stereocenters. The van der Waals surface area contributed by atoms with Crippen LogP contribution in [-0.4, -0.2) is 42.6 Å². The van der Waals surface area contributed by atoms with Crippen LogP contribution in [0.25, 0.3) is 21.9 Å². The van der Waals surface area contributed by atoms with Crippen molar-refractivity contribution in [3.8, 4) is 0 Å². The van der Waals surface area contributed by atoms with E-state index in [0.29, 0.717) is 0 Å². The highest BCUT2D eigenvalue weighted by molar-refractivity contribution is 7.19. The lowest BCUT2D eigenvalue weighted by atomic mass is 10.0. The predicted molar refractivity (Wildman–Crippen MR) is 119 cm³/mol. The summed E-state index contributed by atoms with van der Waals surface area (Å²) in [5.74, 6) is -0.177. The molecule has 3 nitrogen and oxygen atoms in total. The highest BCUT2D eigenvalue weighted by Gasteiger charge is 2.21. The molecule has 0 amide bonds. The summed E-state index contributed by atoms with van der Waals surface area (Å²) < 4.78 is 15.1. The summed E-state index contributed by atoms with van der Waals surface area (Å²) in [4.78, 5) is 9.58. The molecular weight excluding hydrogens is 369 g/mol. The Bertz CT molecular complexity index is 957. The van der Waals surface area contributed by atoms with Gasteiger partial charge < -0.3 is 9.80 Å². The standard InChI is InChI=1S/C23H26FN3S/c1-3-26(4-2)12-7-13-27-16-18(14-17-10-11-19(24)15-21(17)27)23-25-20-8-5-6-9-22(20)28-23/h5-6,8-11,14-15H,3-4,7,12-13,16H2,1-2H3. The highest BCUT2D eigenvalue weighted by Crippen LogP contribution is 2.36. The van der Waals surface area contributed by atoms with E-state index in [1.54, 1.807) is 23.5 Å². The van der Waals surface area contributed by atoms with Crippen molar-refractivity contribution in [2.75, 3.05) is 37.6 Å². The molecule has 0 bridgehead atoms. The Labute approximate surface area is 170 Å². The van der Waals surface area contributed by atoms with Crippen LogP contribution in [0.5, 0.6) is 0 Å². The van der Waals surface area contributed by atoms with Gasteiger partial charge in [0.15, 0.2) is 0 Å². The van der Waals surface area contributed by atoms with Crippen LogP contribution < -0.4 is 4.90 Å². The molecule has 1 aromatic heterocycles. The minimum absolute atomic E-state index is 0.177. The molecule has 146 valence electrons. The predicted octanol–water partition coefficient (Wildman–Crippen LogP) is 5.53. The number of benzene rings is 2. The number of anilines is 1. The molecule has 0 atom stereocenters. The molecule has 1 aliphatic rings. The summed E-state index contributed by atoms with van der Waals surface area (Å²) >= 11 is 1.73.